The lowest BCUT2D eigenvalue weighted by Gasteiger charge is -2.34. The summed E-state index contributed by atoms with van der Waals surface area (Å²) in [5.41, 5.74) is 2.31. The van der Waals surface area contributed by atoms with Crippen LogP contribution in [0.15, 0.2) is 42.7 Å². The zero-order valence-electron chi connectivity index (χ0n) is 19.5. The highest BCUT2D eigenvalue weighted by molar-refractivity contribution is 5.94. The Morgan fingerprint density at radius 3 is 2.79 bits per heavy atom. The molecule has 3 aromatic heterocycles. The number of carbonyl (C=O) groups excluding carboxylic acids is 2. The Morgan fingerprint density at radius 2 is 2.03 bits per heavy atom. The molecule has 4 heterocycles. The van der Waals surface area contributed by atoms with Crippen LogP contribution in [-0.2, 0) is 4.74 Å². The number of hydrogen-bond donors (Lipinski definition) is 2. The van der Waals surface area contributed by atoms with Gasteiger partial charge in [-0.3, -0.25) is 9.20 Å². The average Bonchev–Trinajstić information content (AvgIpc) is 3.21. The number of amides is 2. The van der Waals surface area contributed by atoms with Crippen LogP contribution in [0.5, 0.6) is 0 Å². The van der Waals surface area contributed by atoms with E-state index in [1.165, 1.54) is 0 Å². The van der Waals surface area contributed by atoms with Gasteiger partial charge in [0.1, 0.15) is 17.1 Å². The van der Waals surface area contributed by atoms with Gasteiger partial charge < -0.3 is 20.3 Å². The van der Waals surface area contributed by atoms with Crippen LogP contribution >= 0.6 is 0 Å². The van der Waals surface area contributed by atoms with Crippen LogP contribution in [0.4, 0.5) is 10.6 Å². The Labute approximate surface area is 193 Å². The molecule has 3 aromatic rings. The van der Waals surface area contributed by atoms with Gasteiger partial charge in [-0.15, -0.1) is 0 Å². The van der Waals surface area contributed by atoms with Crippen molar-refractivity contribution in [1.29, 1.82) is 0 Å². The van der Waals surface area contributed by atoms with Crippen molar-refractivity contribution in [2.45, 2.75) is 45.3 Å². The van der Waals surface area contributed by atoms with E-state index in [1.807, 2.05) is 49.6 Å². The third-order valence-electron chi connectivity index (χ3n) is 5.44. The molecule has 1 unspecified atom stereocenters. The second kappa shape index (κ2) is 9.09. The summed E-state index contributed by atoms with van der Waals surface area (Å²) in [6.07, 6.45) is 5.14. The van der Waals surface area contributed by atoms with Crippen LogP contribution in [0.2, 0.25) is 0 Å². The number of fused-ring (bicyclic) bond motifs is 1. The minimum Gasteiger partial charge on any atom is -0.444 e. The summed E-state index contributed by atoms with van der Waals surface area (Å²) in [6, 6.07) is 9.38. The number of ether oxygens (including phenoxy) is 1. The molecule has 0 spiro atoms. The highest BCUT2D eigenvalue weighted by Gasteiger charge is 2.27. The number of piperidine rings is 1. The molecule has 9 heteroatoms. The summed E-state index contributed by atoms with van der Waals surface area (Å²) < 4.78 is 7.43. The van der Waals surface area contributed by atoms with Gasteiger partial charge in [0.05, 0.1) is 17.6 Å². The second-order valence-electron chi connectivity index (χ2n) is 9.18. The van der Waals surface area contributed by atoms with E-state index in [1.54, 1.807) is 30.3 Å². The number of imidazole rings is 1. The maximum Gasteiger partial charge on any atom is 0.410 e. The molecule has 1 atom stereocenters. The molecule has 2 amide bonds. The molecule has 33 heavy (non-hydrogen) atoms. The van der Waals surface area contributed by atoms with Crippen molar-refractivity contribution in [3.63, 3.8) is 0 Å². The fraction of sp³-hybridized carbons (Fsp3) is 0.417. The summed E-state index contributed by atoms with van der Waals surface area (Å²) in [5, 5.41) is 6.09. The summed E-state index contributed by atoms with van der Waals surface area (Å²) in [6.45, 7) is 6.89. The average molecular weight is 451 g/mol. The fourth-order valence-corrected chi connectivity index (χ4v) is 3.91. The first-order valence-corrected chi connectivity index (χ1v) is 11.1. The minimum atomic E-state index is -0.511. The van der Waals surface area contributed by atoms with Crippen molar-refractivity contribution in [3.8, 4) is 11.4 Å². The van der Waals surface area contributed by atoms with Crippen molar-refractivity contribution in [1.82, 2.24) is 24.6 Å². The van der Waals surface area contributed by atoms with Crippen LogP contribution < -0.4 is 10.6 Å². The van der Waals surface area contributed by atoms with Crippen molar-refractivity contribution in [2.75, 3.05) is 25.5 Å². The summed E-state index contributed by atoms with van der Waals surface area (Å²) in [4.78, 5) is 35.3. The van der Waals surface area contributed by atoms with Gasteiger partial charge in [-0.1, -0.05) is 6.07 Å². The number of aromatic nitrogens is 3. The van der Waals surface area contributed by atoms with Gasteiger partial charge in [0.25, 0.3) is 5.91 Å². The lowest BCUT2D eigenvalue weighted by Crippen LogP contribution is -2.47. The quantitative estimate of drug-likeness (QED) is 0.630. The number of anilines is 1. The molecule has 1 aliphatic heterocycles. The van der Waals surface area contributed by atoms with Crippen LogP contribution in [0.25, 0.3) is 17.0 Å². The maximum absolute atomic E-state index is 12.5. The van der Waals surface area contributed by atoms with Gasteiger partial charge in [-0.25, -0.2) is 14.8 Å². The Morgan fingerprint density at radius 1 is 1.21 bits per heavy atom. The third-order valence-corrected chi connectivity index (χ3v) is 5.44. The molecule has 1 fully saturated rings. The smallest absolute Gasteiger partial charge is 0.410 e. The Hall–Kier alpha value is -3.62. The van der Waals surface area contributed by atoms with Gasteiger partial charge in [0, 0.05) is 37.9 Å². The zero-order valence-corrected chi connectivity index (χ0v) is 19.5. The molecule has 9 nitrogen and oxygen atoms in total. The van der Waals surface area contributed by atoms with E-state index in [9.17, 15) is 9.59 Å². The van der Waals surface area contributed by atoms with Crippen molar-refractivity contribution >= 4 is 23.5 Å². The zero-order chi connectivity index (χ0) is 23.6. The molecule has 0 radical (unpaired) electrons. The van der Waals surface area contributed by atoms with Crippen LogP contribution in [-0.4, -0.2) is 63.0 Å². The number of hydrogen-bond acceptors (Lipinski definition) is 6. The second-order valence-corrected chi connectivity index (χ2v) is 9.18. The van der Waals surface area contributed by atoms with Gasteiger partial charge >= 0.3 is 6.09 Å². The molecule has 0 aliphatic carbocycles. The first-order valence-electron chi connectivity index (χ1n) is 11.1. The van der Waals surface area contributed by atoms with Crippen molar-refractivity contribution < 1.29 is 14.3 Å². The van der Waals surface area contributed by atoms with E-state index in [-0.39, 0.29) is 18.0 Å². The normalized spacial score (nSPS) is 16.5. The van der Waals surface area contributed by atoms with Crippen molar-refractivity contribution in [3.05, 3.63) is 48.3 Å². The van der Waals surface area contributed by atoms with E-state index >= 15 is 0 Å². The molecule has 4 rings (SSSR count). The lowest BCUT2D eigenvalue weighted by molar-refractivity contribution is 0.0206. The molecule has 1 aliphatic rings. The molecule has 0 bridgehead atoms. The Kier molecular flexibility index (Phi) is 6.22. The first kappa shape index (κ1) is 22.6. The van der Waals surface area contributed by atoms with Gasteiger partial charge in [-0.2, -0.15) is 0 Å². The predicted molar refractivity (Wildman–Crippen MR) is 126 cm³/mol. The number of pyridine rings is 2. The molecule has 2 N–H and O–H groups in total. The van der Waals surface area contributed by atoms with E-state index in [4.69, 9.17) is 9.72 Å². The Balaban J connectivity index is 1.49. The number of carbonyl (C=O) groups is 2. The third kappa shape index (κ3) is 5.24. The number of nitrogens with one attached hydrogen (secondary N) is 2. The molecular weight excluding hydrogens is 420 g/mol. The Bertz CT molecular complexity index is 1170. The highest BCUT2D eigenvalue weighted by Crippen LogP contribution is 2.23. The largest absolute Gasteiger partial charge is 0.444 e. The monoisotopic (exact) mass is 450 g/mol. The van der Waals surface area contributed by atoms with Gasteiger partial charge in [0.2, 0.25) is 0 Å². The predicted octanol–water partition coefficient (Wildman–Crippen LogP) is 3.57. The topological polar surface area (TPSA) is 101 Å². The standard InChI is InChI=1S/C24H30N6O3/c1-24(2,3)33-23(32)29-11-6-7-17(15-29)27-20-9-5-8-18(28-20)19-14-26-21-13-16(22(31)25-4)10-12-30(19)21/h5,8-10,12-14,17H,6-7,11,15H2,1-4H3,(H,25,31)(H,27,28). The molecule has 0 saturated carbocycles. The van der Waals surface area contributed by atoms with Crippen molar-refractivity contribution in [2.24, 2.45) is 0 Å². The lowest BCUT2D eigenvalue weighted by atomic mass is 10.1. The first-order chi connectivity index (χ1) is 15.7. The number of rotatable bonds is 4. The highest BCUT2D eigenvalue weighted by atomic mass is 16.6. The maximum atomic E-state index is 12.5. The fourth-order valence-electron chi connectivity index (χ4n) is 3.91. The summed E-state index contributed by atoms with van der Waals surface area (Å²) in [7, 11) is 1.60. The van der Waals surface area contributed by atoms with Crippen LogP contribution in [0.1, 0.15) is 44.0 Å². The summed E-state index contributed by atoms with van der Waals surface area (Å²) in [5.74, 6) is 0.583. The van der Waals surface area contributed by atoms with Crippen LogP contribution in [0, 0.1) is 0 Å². The minimum absolute atomic E-state index is 0.0892. The number of likely N-dealkylation sites (tertiary alicyclic amines) is 1. The van der Waals surface area contributed by atoms with E-state index in [0.29, 0.717) is 24.3 Å². The molecule has 0 aromatic carbocycles. The van der Waals surface area contributed by atoms with Gasteiger partial charge in [0.15, 0.2) is 0 Å². The SMILES string of the molecule is CNC(=O)c1ccn2c(-c3cccc(NC4CCCN(C(=O)OC(C)(C)C)C4)n3)cnc2c1. The molecule has 174 valence electrons. The molecular formula is C24H30N6O3. The van der Waals surface area contributed by atoms with E-state index < -0.39 is 5.60 Å². The number of nitrogens with zero attached hydrogens (tertiary/aromatic N) is 4. The van der Waals surface area contributed by atoms with E-state index in [0.717, 1.165) is 30.0 Å². The van der Waals surface area contributed by atoms with Crippen LogP contribution in [0.3, 0.4) is 0 Å². The molecule has 1 saturated heterocycles. The van der Waals surface area contributed by atoms with Gasteiger partial charge in [-0.05, 0) is 57.9 Å². The van der Waals surface area contributed by atoms with E-state index in [2.05, 4.69) is 15.6 Å². The summed E-state index contributed by atoms with van der Waals surface area (Å²) >= 11 is 0.